The highest BCUT2D eigenvalue weighted by atomic mass is 32.2. The molecule has 1 aliphatic heterocycles. The summed E-state index contributed by atoms with van der Waals surface area (Å²) in [6.07, 6.45) is 0. The molecular weight excluding hydrogens is 659 g/mol. The van der Waals surface area contributed by atoms with Crippen molar-refractivity contribution in [3.05, 3.63) is 210 Å². The summed E-state index contributed by atoms with van der Waals surface area (Å²) in [5.74, 6) is 0. The summed E-state index contributed by atoms with van der Waals surface area (Å²) in [6.45, 7) is 0. The highest BCUT2D eigenvalue weighted by Gasteiger charge is 2.50. The van der Waals surface area contributed by atoms with Crippen LogP contribution in [0.25, 0.3) is 71.3 Å². The largest absolute Gasteiger partial charge is 0.309 e. The van der Waals surface area contributed by atoms with Crippen molar-refractivity contribution in [2.24, 2.45) is 0 Å². The lowest BCUT2D eigenvalue weighted by molar-refractivity contribution is 0.726. The molecule has 0 unspecified atom stereocenters. The summed E-state index contributed by atoms with van der Waals surface area (Å²) in [5, 5.41) is 7.72. The van der Waals surface area contributed by atoms with Gasteiger partial charge >= 0.3 is 0 Å². The van der Waals surface area contributed by atoms with E-state index in [0.717, 1.165) is 5.69 Å². The third-order valence-corrected chi connectivity index (χ3v) is 13.0. The highest BCUT2D eigenvalue weighted by molar-refractivity contribution is 7.99. The molecule has 0 saturated heterocycles. The second-order valence-electron chi connectivity index (χ2n) is 14.4. The van der Waals surface area contributed by atoms with Crippen LogP contribution in [0.2, 0.25) is 0 Å². The van der Waals surface area contributed by atoms with Gasteiger partial charge in [0.25, 0.3) is 0 Å². The number of aromatic nitrogens is 1. The lowest BCUT2D eigenvalue weighted by Crippen LogP contribution is -2.32. The fourth-order valence-corrected chi connectivity index (χ4v) is 11.0. The molecule has 2 heterocycles. The molecule has 0 N–H and O–H groups in total. The summed E-state index contributed by atoms with van der Waals surface area (Å²) in [4.78, 5) is 2.67. The first-order valence-electron chi connectivity index (χ1n) is 18.3. The van der Waals surface area contributed by atoms with Gasteiger partial charge in [0.15, 0.2) is 0 Å². The Morgan fingerprint density at radius 1 is 0.396 bits per heavy atom. The van der Waals surface area contributed by atoms with Gasteiger partial charge in [-0.3, -0.25) is 0 Å². The van der Waals surface area contributed by atoms with E-state index in [0.29, 0.717) is 0 Å². The van der Waals surface area contributed by atoms with E-state index in [1.165, 1.54) is 97.6 Å². The number of fused-ring (bicyclic) bond motifs is 16. The molecule has 0 atom stereocenters. The van der Waals surface area contributed by atoms with Crippen molar-refractivity contribution in [1.29, 1.82) is 0 Å². The van der Waals surface area contributed by atoms with Crippen LogP contribution in [0.1, 0.15) is 22.3 Å². The van der Waals surface area contributed by atoms with Crippen molar-refractivity contribution in [2.75, 3.05) is 0 Å². The van der Waals surface area contributed by atoms with Crippen molar-refractivity contribution in [1.82, 2.24) is 4.57 Å². The van der Waals surface area contributed by atoms with E-state index in [4.69, 9.17) is 0 Å². The molecular formula is C51H31NS. The molecule has 53 heavy (non-hydrogen) atoms. The molecule has 1 aliphatic carbocycles. The van der Waals surface area contributed by atoms with E-state index in [2.05, 4.69) is 193 Å². The maximum atomic E-state index is 2.49. The van der Waals surface area contributed by atoms with Gasteiger partial charge in [0.2, 0.25) is 0 Å². The maximum Gasteiger partial charge on any atom is 0.0735 e. The summed E-state index contributed by atoms with van der Waals surface area (Å²) >= 11 is 1.94. The predicted molar refractivity (Wildman–Crippen MR) is 223 cm³/mol. The molecule has 0 saturated carbocycles. The first kappa shape index (κ1) is 29.3. The predicted octanol–water partition coefficient (Wildman–Crippen LogP) is 13.6. The molecule has 2 heteroatoms. The molecule has 0 fully saturated rings. The first-order chi connectivity index (χ1) is 26.3. The van der Waals surface area contributed by atoms with Crippen LogP contribution in [-0.2, 0) is 5.41 Å². The Hall–Kier alpha value is -6.35. The Labute approximate surface area is 311 Å². The molecule has 2 aliphatic rings. The van der Waals surface area contributed by atoms with Gasteiger partial charge in [0, 0.05) is 26.3 Å². The molecule has 1 nitrogen and oxygen atoms in total. The van der Waals surface area contributed by atoms with Crippen LogP contribution in [0.15, 0.2) is 198 Å². The lowest BCUT2D eigenvalue weighted by atomic mass is 9.67. The van der Waals surface area contributed by atoms with Gasteiger partial charge in [-0.2, -0.15) is 0 Å². The minimum Gasteiger partial charge on any atom is -0.309 e. The third kappa shape index (κ3) is 3.88. The lowest BCUT2D eigenvalue weighted by Gasteiger charge is -2.40. The second-order valence-corrected chi connectivity index (χ2v) is 15.5. The third-order valence-electron chi connectivity index (χ3n) is 11.8. The van der Waals surface area contributed by atoms with E-state index >= 15 is 0 Å². The van der Waals surface area contributed by atoms with Crippen molar-refractivity contribution in [3.63, 3.8) is 0 Å². The van der Waals surface area contributed by atoms with Crippen LogP contribution in [0, 0.1) is 0 Å². The Kier molecular flexibility index (Phi) is 5.98. The minimum absolute atomic E-state index is 0.418. The minimum atomic E-state index is -0.418. The zero-order valence-electron chi connectivity index (χ0n) is 28.8. The Bertz CT molecular complexity index is 3100. The summed E-state index contributed by atoms with van der Waals surface area (Å²) in [5.41, 5.74) is 13.8. The van der Waals surface area contributed by atoms with Crippen molar-refractivity contribution in [3.8, 4) is 27.9 Å². The monoisotopic (exact) mass is 689 g/mol. The van der Waals surface area contributed by atoms with Crippen LogP contribution >= 0.6 is 11.8 Å². The Morgan fingerprint density at radius 2 is 0.981 bits per heavy atom. The van der Waals surface area contributed by atoms with Crippen LogP contribution < -0.4 is 0 Å². The van der Waals surface area contributed by atoms with Crippen LogP contribution in [0.5, 0.6) is 0 Å². The Balaban J connectivity index is 1.16. The summed E-state index contributed by atoms with van der Waals surface area (Å²) < 4.78 is 2.49. The zero-order valence-corrected chi connectivity index (χ0v) is 29.6. The summed E-state index contributed by atoms with van der Waals surface area (Å²) in [7, 11) is 0. The molecule has 12 rings (SSSR count). The maximum absolute atomic E-state index is 2.49. The van der Waals surface area contributed by atoms with E-state index in [9.17, 15) is 0 Å². The number of benzene rings is 9. The topological polar surface area (TPSA) is 4.93 Å². The van der Waals surface area contributed by atoms with Crippen LogP contribution in [0.4, 0.5) is 0 Å². The SMILES string of the molecule is c1ccc2c(c1)Sc1c(ccc3c1c1c4ccccc4ccc1n3-c1ccc(-c3ccc4ccccc4c3)cc1)C21c2ccccc2-c2ccccc21. The summed E-state index contributed by atoms with van der Waals surface area (Å²) in [6, 6.07) is 70.2. The second kappa shape index (κ2) is 10.8. The molecule has 1 spiro atoms. The van der Waals surface area contributed by atoms with E-state index in [1.807, 2.05) is 11.8 Å². The average Bonchev–Trinajstić information content (AvgIpc) is 3.73. The molecule has 0 amide bonds. The van der Waals surface area contributed by atoms with E-state index < -0.39 is 5.41 Å². The van der Waals surface area contributed by atoms with E-state index in [1.54, 1.807) is 0 Å². The molecule has 10 aromatic rings. The van der Waals surface area contributed by atoms with Gasteiger partial charge in [-0.05, 0) is 102 Å². The molecule has 0 bridgehead atoms. The van der Waals surface area contributed by atoms with Crippen molar-refractivity contribution < 1.29 is 0 Å². The zero-order chi connectivity index (χ0) is 34.7. The number of hydrogen-bond acceptors (Lipinski definition) is 1. The van der Waals surface area contributed by atoms with Gasteiger partial charge in [-0.1, -0.05) is 163 Å². The number of hydrogen-bond donors (Lipinski definition) is 0. The molecule has 1 aromatic heterocycles. The normalized spacial score (nSPS) is 13.7. The van der Waals surface area contributed by atoms with Gasteiger partial charge in [0.1, 0.15) is 0 Å². The van der Waals surface area contributed by atoms with Gasteiger partial charge in [0.05, 0.1) is 16.4 Å². The smallest absolute Gasteiger partial charge is 0.0735 e. The number of nitrogens with zero attached hydrogens (tertiary/aromatic N) is 1. The highest BCUT2D eigenvalue weighted by Crippen LogP contribution is 2.63. The van der Waals surface area contributed by atoms with Crippen LogP contribution in [0.3, 0.4) is 0 Å². The van der Waals surface area contributed by atoms with E-state index in [-0.39, 0.29) is 0 Å². The standard InChI is InChI=1S/C51H31NS/c1-2-13-35-31-36(22-21-32(35)11-1)33-23-26-37(27-24-33)52-45-29-25-34-12-3-4-14-38(34)48(45)49-46(52)30-28-44-50(49)53-47-20-10-9-19-43(47)51(44)41-17-7-5-15-39(41)40-16-6-8-18-42(40)51/h1-31H. The Morgan fingerprint density at radius 3 is 1.77 bits per heavy atom. The average molecular weight is 690 g/mol. The quantitative estimate of drug-likeness (QED) is 0.175. The number of rotatable bonds is 2. The van der Waals surface area contributed by atoms with Crippen molar-refractivity contribution >= 4 is 55.1 Å². The van der Waals surface area contributed by atoms with Crippen LogP contribution in [-0.4, -0.2) is 4.57 Å². The molecule has 0 radical (unpaired) electrons. The van der Waals surface area contributed by atoms with Gasteiger partial charge in [-0.25, -0.2) is 0 Å². The van der Waals surface area contributed by atoms with Crippen molar-refractivity contribution in [2.45, 2.75) is 15.2 Å². The fourth-order valence-electron chi connectivity index (χ4n) is 9.63. The first-order valence-corrected chi connectivity index (χ1v) is 19.2. The van der Waals surface area contributed by atoms with Gasteiger partial charge in [-0.15, -0.1) is 0 Å². The molecule has 9 aromatic carbocycles. The van der Waals surface area contributed by atoms with Gasteiger partial charge < -0.3 is 4.57 Å². The fraction of sp³-hybridized carbons (Fsp3) is 0.0196. The molecule has 246 valence electrons.